The number of hydrogen-bond acceptors (Lipinski definition) is 1. The van der Waals surface area contributed by atoms with Gasteiger partial charge in [-0.3, -0.25) is 0 Å². The summed E-state index contributed by atoms with van der Waals surface area (Å²) in [4.78, 5) is 0. The molecule has 2 rings (SSSR count). The Labute approximate surface area is 119 Å². The normalized spacial score (nSPS) is 30.3. The van der Waals surface area contributed by atoms with Crippen LogP contribution in [0, 0.1) is 17.2 Å². The van der Waals surface area contributed by atoms with E-state index in [1.807, 2.05) is 0 Å². The lowest BCUT2D eigenvalue weighted by atomic mass is 9.64. The zero-order valence-corrected chi connectivity index (χ0v) is 12.6. The highest BCUT2D eigenvalue weighted by molar-refractivity contribution is 6.31. The third kappa shape index (κ3) is 3.11. The lowest BCUT2D eigenvalue weighted by Gasteiger charge is -2.45. The standard InChI is InChI=1S/C16H22ClFO/c1-11-9-15(2,3)7-8-16(11,19)10-12-5-4-6-13(18)14(12)17/h4-6,11,19H,7-10H2,1-3H3. The predicted octanol–water partition coefficient (Wildman–Crippen LogP) is 4.60. The van der Waals surface area contributed by atoms with Crippen molar-refractivity contribution in [2.24, 2.45) is 11.3 Å². The molecule has 1 aliphatic carbocycles. The Morgan fingerprint density at radius 1 is 1.37 bits per heavy atom. The van der Waals surface area contributed by atoms with Gasteiger partial charge in [-0.05, 0) is 42.2 Å². The van der Waals surface area contributed by atoms with E-state index in [4.69, 9.17) is 11.6 Å². The number of hydrogen-bond donors (Lipinski definition) is 1. The Morgan fingerprint density at radius 2 is 2.05 bits per heavy atom. The molecule has 19 heavy (non-hydrogen) atoms. The minimum atomic E-state index is -0.771. The van der Waals surface area contributed by atoms with Gasteiger partial charge in [-0.1, -0.05) is 44.5 Å². The van der Waals surface area contributed by atoms with Crippen molar-refractivity contribution in [2.45, 2.75) is 52.1 Å². The minimum Gasteiger partial charge on any atom is -0.389 e. The van der Waals surface area contributed by atoms with E-state index in [0.717, 1.165) is 19.3 Å². The van der Waals surface area contributed by atoms with Crippen molar-refractivity contribution >= 4 is 11.6 Å². The fourth-order valence-electron chi connectivity index (χ4n) is 3.20. The molecule has 0 radical (unpaired) electrons. The summed E-state index contributed by atoms with van der Waals surface area (Å²) in [6, 6.07) is 4.80. The van der Waals surface area contributed by atoms with Crippen LogP contribution in [0.5, 0.6) is 0 Å². The van der Waals surface area contributed by atoms with Crippen LogP contribution in [0.1, 0.15) is 45.6 Å². The highest BCUT2D eigenvalue weighted by atomic mass is 35.5. The molecule has 2 unspecified atom stereocenters. The molecular formula is C16H22ClFO. The number of rotatable bonds is 2. The van der Waals surface area contributed by atoms with Crippen molar-refractivity contribution in [2.75, 3.05) is 0 Å². The highest BCUT2D eigenvalue weighted by Crippen LogP contribution is 2.45. The van der Waals surface area contributed by atoms with Gasteiger partial charge in [-0.2, -0.15) is 0 Å². The zero-order chi connectivity index (χ0) is 14.3. The summed E-state index contributed by atoms with van der Waals surface area (Å²) in [6.07, 6.45) is 3.14. The number of halogens is 2. The van der Waals surface area contributed by atoms with Crippen LogP contribution in [0.4, 0.5) is 4.39 Å². The van der Waals surface area contributed by atoms with E-state index in [2.05, 4.69) is 20.8 Å². The van der Waals surface area contributed by atoms with Crippen LogP contribution in [0.2, 0.25) is 5.02 Å². The van der Waals surface area contributed by atoms with E-state index in [-0.39, 0.29) is 16.4 Å². The third-order valence-electron chi connectivity index (χ3n) is 4.54. The molecule has 1 aromatic carbocycles. The third-order valence-corrected chi connectivity index (χ3v) is 4.96. The summed E-state index contributed by atoms with van der Waals surface area (Å²) in [6.45, 7) is 6.55. The van der Waals surface area contributed by atoms with Crippen molar-refractivity contribution in [3.63, 3.8) is 0 Å². The molecule has 0 amide bonds. The first-order valence-electron chi connectivity index (χ1n) is 6.89. The van der Waals surface area contributed by atoms with Crippen LogP contribution in [0.15, 0.2) is 18.2 Å². The van der Waals surface area contributed by atoms with Gasteiger partial charge >= 0.3 is 0 Å². The molecule has 1 nitrogen and oxygen atoms in total. The fraction of sp³-hybridized carbons (Fsp3) is 0.625. The van der Waals surface area contributed by atoms with Gasteiger partial charge in [-0.15, -0.1) is 0 Å². The number of benzene rings is 1. The summed E-state index contributed by atoms with van der Waals surface area (Å²) >= 11 is 5.99. The van der Waals surface area contributed by atoms with Crippen LogP contribution >= 0.6 is 11.6 Å². The summed E-state index contributed by atoms with van der Waals surface area (Å²) in [5, 5.41) is 11.0. The molecule has 0 saturated heterocycles. The number of aliphatic hydroxyl groups is 1. The molecule has 0 heterocycles. The molecule has 0 bridgehead atoms. The van der Waals surface area contributed by atoms with Crippen LogP contribution in [-0.4, -0.2) is 10.7 Å². The average Bonchev–Trinajstić information content (AvgIpc) is 2.31. The summed E-state index contributed by atoms with van der Waals surface area (Å²) in [7, 11) is 0. The van der Waals surface area contributed by atoms with Crippen molar-refractivity contribution < 1.29 is 9.50 Å². The molecular weight excluding hydrogens is 263 g/mol. The van der Waals surface area contributed by atoms with E-state index >= 15 is 0 Å². The van der Waals surface area contributed by atoms with Crippen molar-refractivity contribution in [3.05, 3.63) is 34.6 Å². The quantitative estimate of drug-likeness (QED) is 0.841. The Morgan fingerprint density at radius 3 is 2.68 bits per heavy atom. The van der Waals surface area contributed by atoms with E-state index < -0.39 is 11.4 Å². The van der Waals surface area contributed by atoms with Gasteiger partial charge in [0.25, 0.3) is 0 Å². The lowest BCUT2D eigenvalue weighted by Crippen LogP contribution is -2.45. The Hall–Kier alpha value is -0.600. The molecule has 0 aliphatic heterocycles. The topological polar surface area (TPSA) is 20.2 Å². The zero-order valence-electron chi connectivity index (χ0n) is 11.8. The predicted molar refractivity (Wildman–Crippen MR) is 76.9 cm³/mol. The van der Waals surface area contributed by atoms with Crippen molar-refractivity contribution in [3.8, 4) is 0 Å². The van der Waals surface area contributed by atoms with E-state index in [9.17, 15) is 9.50 Å². The highest BCUT2D eigenvalue weighted by Gasteiger charge is 2.42. The molecule has 1 aliphatic rings. The molecule has 1 aromatic rings. The van der Waals surface area contributed by atoms with Crippen molar-refractivity contribution in [1.82, 2.24) is 0 Å². The molecule has 1 fully saturated rings. The van der Waals surface area contributed by atoms with Crippen LogP contribution < -0.4 is 0 Å². The largest absolute Gasteiger partial charge is 0.389 e. The average molecular weight is 285 g/mol. The fourth-order valence-corrected chi connectivity index (χ4v) is 3.39. The van der Waals surface area contributed by atoms with E-state index in [1.165, 1.54) is 6.07 Å². The minimum absolute atomic E-state index is 0.146. The van der Waals surface area contributed by atoms with Crippen LogP contribution in [-0.2, 0) is 6.42 Å². The molecule has 1 N–H and O–H groups in total. The summed E-state index contributed by atoms with van der Waals surface area (Å²) < 4.78 is 13.5. The van der Waals surface area contributed by atoms with Gasteiger partial charge in [0.2, 0.25) is 0 Å². The maximum atomic E-state index is 13.5. The van der Waals surface area contributed by atoms with Gasteiger partial charge < -0.3 is 5.11 Å². The Bertz CT molecular complexity index is 472. The monoisotopic (exact) mass is 284 g/mol. The van der Waals surface area contributed by atoms with E-state index in [0.29, 0.717) is 12.0 Å². The molecule has 106 valence electrons. The van der Waals surface area contributed by atoms with Crippen LogP contribution in [0.3, 0.4) is 0 Å². The first-order chi connectivity index (χ1) is 8.73. The first kappa shape index (κ1) is 14.8. The van der Waals surface area contributed by atoms with Gasteiger partial charge in [0.05, 0.1) is 10.6 Å². The lowest BCUT2D eigenvalue weighted by molar-refractivity contribution is -0.0704. The molecule has 2 atom stereocenters. The molecule has 0 spiro atoms. The summed E-state index contributed by atoms with van der Waals surface area (Å²) in [5.74, 6) is -0.220. The van der Waals surface area contributed by atoms with Gasteiger partial charge in [0.15, 0.2) is 0 Å². The van der Waals surface area contributed by atoms with Gasteiger partial charge in [-0.25, -0.2) is 4.39 Å². The van der Waals surface area contributed by atoms with Gasteiger partial charge in [0.1, 0.15) is 5.82 Å². The maximum Gasteiger partial charge on any atom is 0.142 e. The smallest absolute Gasteiger partial charge is 0.142 e. The van der Waals surface area contributed by atoms with E-state index in [1.54, 1.807) is 12.1 Å². The van der Waals surface area contributed by atoms with Crippen molar-refractivity contribution in [1.29, 1.82) is 0 Å². The second kappa shape index (κ2) is 5.06. The second-order valence-electron chi connectivity index (χ2n) is 6.76. The molecule has 0 aromatic heterocycles. The van der Waals surface area contributed by atoms with Crippen LogP contribution in [0.25, 0.3) is 0 Å². The van der Waals surface area contributed by atoms with Gasteiger partial charge in [0, 0.05) is 6.42 Å². The Balaban J connectivity index is 2.20. The maximum absolute atomic E-state index is 13.5. The molecule has 1 saturated carbocycles. The first-order valence-corrected chi connectivity index (χ1v) is 7.27. The summed E-state index contributed by atoms with van der Waals surface area (Å²) in [5.41, 5.74) is 0.209. The second-order valence-corrected chi connectivity index (χ2v) is 7.14. The Kier molecular flexibility index (Phi) is 3.95. The molecule has 3 heteroatoms. The SMILES string of the molecule is CC1CC(C)(C)CCC1(O)Cc1cccc(F)c1Cl.